The van der Waals surface area contributed by atoms with E-state index in [1.54, 1.807) is 0 Å². The van der Waals surface area contributed by atoms with Crippen LogP contribution in [0.3, 0.4) is 0 Å². The molecule has 0 bridgehead atoms. The Labute approximate surface area is 121 Å². The molecule has 116 valence electrons. The number of carbonyl (C=O) groups excluding carboxylic acids is 1. The van der Waals surface area contributed by atoms with E-state index >= 15 is 0 Å². The third-order valence-corrected chi connectivity index (χ3v) is 3.14. The van der Waals surface area contributed by atoms with Crippen molar-refractivity contribution in [3.8, 4) is 0 Å². The zero-order valence-electron chi connectivity index (χ0n) is 13.1. The summed E-state index contributed by atoms with van der Waals surface area (Å²) in [4.78, 5) is 18.3. The fraction of sp³-hybridized carbons (Fsp3) is 0.857. The van der Waals surface area contributed by atoms with Crippen LogP contribution < -0.4 is 10.6 Å². The number of likely N-dealkylation sites (tertiary alicyclic amines) is 1. The standard InChI is InChI=1S/C14H28N4O2/c1-5-15-13(18-9-6-11(19)10-18)17-8-7-16-12(20)14(2,3)4/h11,19H,5-10H2,1-4H3,(H,15,17)(H,16,20)/t11-/m1/s1. The third-order valence-electron chi connectivity index (χ3n) is 3.14. The Hall–Kier alpha value is -1.30. The maximum atomic E-state index is 11.7. The van der Waals surface area contributed by atoms with E-state index in [1.807, 2.05) is 27.7 Å². The monoisotopic (exact) mass is 284 g/mol. The number of aliphatic hydroxyl groups excluding tert-OH is 1. The van der Waals surface area contributed by atoms with Crippen molar-refractivity contribution in [2.45, 2.75) is 40.2 Å². The molecule has 0 radical (unpaired) electrons. The molecule has 0 spiro atoms. The second kappa shape index (κ2) is 7.47. The first-order valence-electron chi connectivity index (χ1n) is 7.34. The van der Waals surface area contributed by atoms with Crippen LogP contribution >= 0.6 is 0 Å². The topological polar surface area (TPSA) is 77.0 Å². The molecule has 0 aromatic heterocycles. The smallest absolute Gasteiger partial charge is 0.225 e. The lowest BCUT2D eigenvalue weighted by atomic mass is 9.96. The van der Waals surface area contributed by atoms with Gasteiger partial charge in [0.05, 0.1) is 12.6 Å². The van der Waals surface area contributed by atoms with Crippen molar-refractivity contribution in [1.29, 1.82) is 0 Å². The Morgan fingerprint density at radius 1 is 1.40 bits per heavy atom. The highest BCUT2D eigenvalue weighted by Gasteiger charge is 2.23. The highest BCUT2D eigenvalue weighted by molar-refractivity contribution is 5.81. The van der Waals surface area contributed by atoms with Crippen molar-refractivity contribution in [1.82, 2.24) is 15.5 Å². The quantitative estimate of drug-likeness (QED) is 0.391. The lowest BCUT2D eigenvalue weighted by Crippen LogP contribution is -2.41. The van der Waals surface area contributed by atoms with Crippen molar-refractivity contribution in [3.05, 3.63) is 0 Å². The van der Waals surface area contributed by atoms with Gasteiger partial charge in [0.15, 0.2) is 5.96 Å². The minimum Gasteiger partial charge on any atom is -0.391 e. The lowest BCUT2D eigenvalue weighted by Gasteiger charge is -2.21. The molecular weight excluding hydrogens is 256 g/mol. The maximum Gasteiger partial charge on any atom is 0.225 e. The highest BCUT2D eigenvalue weighted by atomic mass is 16.3. The van der Waals surface area contributed by atoms with Gasteiger partial charge in [-0.3, -0.25) is 9.79 Å². The zero-order chi connectivity index (χ0) is 15.2. The molecule has 1 heterocycles. The summed E-state index contributed by atoms with van der Waals surface area (Å²) in [7, 11) is 0. The average molecular weight is 284 g/mol. The van der Waals surface area contributed by atoms with Gasteiger partial charge in [0.25, 0.3) is 0 Å². The number of nitrogens with zero attached hydrogens (tertiary/aromatic N) is 2. The molecule has 0 aromatic rings. The predicted octanol–water partition coefficient (Wildman–Crippen LogP) is 0.181. The van der Waals surface area contributed by atoms with Gasteiger partial charge < -0.3 is 20.6 Å². The molecule has 20 heavy (non-hydrogen) atoms. The molecule has 1 saturated heterocycles. The largest absolute Gasteiger partial charge is 0.391 e. The van der Waals surface area contributed by atoms with Crippen molar-refractivity contribution < 1.29 is 9.90 Å². The number of hydrogen-bond acceptors (Lipinski definition) is 3. The van der Waals surface area contributed by atoms with Crippen LogP contribution in [0.2, 0.25) is 0 Å². The summed E-state index contributed by atoms with van der Waals surface area (Å²) in [5, 5.41) is 15.7. The van der Waals surface area contributed by atoms with E-state index in [0.717, 1.165) is 25.5 Å². The van der Waals surface area contributed by atoms with Gasteiger partial charge in [0, 0.05) is 31.6 Å². The minimum atomic E-state index is -0.368. The molecule has 6 heteroatoms. The van der Waals surface area contributed by atoms with Gasteiger partial charge in [0.1, 0.15) is 0 Å². The summed E-state index contributed by atoms with van der Waals surface area (Å²) in [6.45, 7) is 11.0. The van der Waals surface area contributed by atoms with Gasteiger partial charge in [-0.25, -0.2) is 0 Å². The Bertz CT molecular complexity index is 350. The fourth-order valence-corrected chi connectivity index (χ4v) is 1.96. The van der Waals surface area contributed by atoms with Gasteiger partial charge in [-0.2, -0.15) is 0 Å². The average Bonchev–Trinajstić information content (AvgIpc) is 2.78. The molecule has 3 N–H and O–H groups in total. The third kappa shape index (κ3) is 5.36. The van der Waals surface area contributed by atoms with Crippen molar-refractivity contribution in [2.24, 2.45) is 10.4 Å². The molecule has 0 aliphatic carbocycles. The number of guanidine groups is 1. The van der Waals surface area contributed by atoms with Crippen LogP contribution in [0.5, 0.6) is 0 Å². The summed E-state index contributed by atoms with van der Waals surface area (Å²) >= 11 is 0. The van der Waals surface area contributed by atoms with Gasteiger partial charge in [-0.05, 0) is 13.3 Å². The molecule has 1 aliphatic heterocycles. The van der Waals surface area contributed by atoms with Crippen LogP contribution in [0.25, 0.3) is 0 Å². The van der Waals surface area contributed by atoms with Crippen molar-refractivity contribution >= 4 is 11.9 Å². The first kappa shape index (κ1) is 16.8. The van der Waals surface area contributed by atoms with E-state index < -0.39 is 0 Å². The first-order chi connectivity index (χ1) is 9.34. The second-order valence-corrected chi connectivity index (χ2v) is 6.13. The number of amides is 1. The zero-order valence-corrected chi connectivity index (χ0v) is 13.1. The van der Waals surface area contributed by atoms with Gasteiger partial charge in [0.2, 0.25) is 5.91 Å². The summed E-state index contributed by atoms with van der Waals surface area (Å²) in [5.74, 6) is 0.850. The summed E-state index contributed by atoms with van der Waals surface area (Å²) < 4.78 is 0. The number of β-amino-alcohol motifs (C(OH)–C–C–N with tert-alkyl or cyclic N) is 1. The van der Waals surface area contributed by atoms with E-state index in [-0.39, 0.29) is 17.4 Å². The van der Waals surface area contributed by atoms with Crippen molar-refractivity contribution in [3.63, 3.8) is 0 Å². The van der Waals surface area contributed by atoms with Crippen LogP contribution in [-0.4, -0.2) is 60.7 Å². The number of rotatable bonds is 4. The molecular formula is C14H28N4O2. The molecule has 1 amide bonds. The molecule has 1 atom stereocenters. The number of carbonyl (C=O) groups is 1. The molecule has 1 aliphatic rings. The molecule has 1 rings (SSSR count). The molecule has 0 unspecified atom stereocenters. The first-order valence-corrected chi connectivity index (χ1v) is 7.34. The van der Waals surface area contributed by atoms with Crippen LogP contribution in [0.4, 0.5) is 0 Å². The molecule has 0 aromatic carbocycles. The SMILES string of the molecule is CCNC(=NCCNC(=O)C(C)(C)C)N1CC[C@@H](O)C1. The maximum absolute atomic E-state index is 11.7. The van der Waals surface area contributed by atoms with Crippen LogP contribution in [0, 0.1) is 5.41 Å². The number of nitrogens with one attached hydrogen (secondary N) is 2. The van der Waals surface area contributed by atoms with E-state index in [4.69, 9.17) is 0 Å². The van der Waals surface area contributed by atoms with Crippen molar-refractivity contribution in [2.75, 3.05) is 32.7 Å². The normalized spacial score (nSPS) is 20.1. The van der Waals surface area contributed by atoms with E-state index in [9.17, 15) is 9.90 Å². The summed E-state index contributed by atoms with van der Waals surface area (Å²) in [6, 6.07) is 0. The number of aliphatic hydroxyl groups is 1. The Morgan fingerprint density at radius 2 is 2.10 bits per heavy atom. The Morgan fingerprint density at radius 3 is 2.60 bits per heavy atom. The Kier molecular flexibility index (Phi) is 6.26. The lowest BCUT2D eigenvalue weighted by molar-refractivity contribution is -0.128. The van der Waals surface area contributed by atoms with Gasteiger partial charge in [-0.1, -0.05) is 20.8 Å². The van der Waals surface area contributed by atoms with Crippen LogP contribution in [0.1, 0.15) is 34.1 Å². The summed E-state index contributed by atoms with van der Waals surface area (Å²) in [6.07, 6.45) is 0.519. The molecule has 0 saturated carbocycles. The van der Waals surface area contributed by atoms with Crippen LogP contribution in [0.15, 0.2) is 4.99 Å². The Balaban J connectivity index is 2.42. The van der Waals surface area contributed by atoms with Gasteiger partial charge in [-0.15, -0.1) is 0 Å². The van der Waals surface area contributed by atoms with Gasteiger partial charge >= 0.3 is 0 Å². The van der Waals surface area contributed by atoms with E-state index in [2.05, 4.69) is 20.5 Å². The number of aliphatic imine (C=N–C) groups is 1. The summed E-state index contributed by atoms with van der Waals surface area (Å²) in [5.41, 5.74) is -0.368. The molecule has 6 nitrogen and oxygen atoms in total. The second-order valence-electron chi connectivity index (χ2n) is 6.13. The molecule has 1 fully saturated rings. The van der Waals surface area contributed by atoms with Crippen LogP contribution in [-0.2, 0) is 4.79 Å². The minimum absolute atomic E-state index is 0.0364. The van der Waals surface area contributed by atoms with E-state index in [1.165, 1.54) is 0 Å². The highest BCUT2D eigenvalue weighted by Crippen LogP contribution is 2.12. The predicted molar refractivity (Wildman–Crippen MR) is 80.6 cm³/mol. The fourth-order valence-electron chi connectivity index (χ4n) is 1.96. The number of hydrogen-bond donors (Lipinski definition) is 3. The van der Waals surface area contributed by atoms with E-state index in [0.29, 0.717) is 19.6 Å².